The van der Waals surface area contributed by atoms with Crippen molar-refractivity contribution in [1.29, 1.82) is 0 Å². The molecule has 1 atom stereocenters. The number of carbonyl (C=O) groups excluding carboxylic acids is 2. The smallest absolute Gasteiger partial charge is 0.382 e. The highest BCUT2D eigenvalue weighted by Crippen LogP contribution is 2.29. The van der Waals surface area contributed by atoms with E-state index in [1.807, 2.05) is 62.4 Å². The van der Waals surface area contributed by atoms with Gasteiger partial charge in [-0.3, -0.25) is 22.5 Å². The number of benzene rings is 2. The summed E-state index contributed by atoms with van der Waals surface area (Å²) in [6.07, 6.45) is 2.98. The predicted molar refractivity (Wildman–Crippen MR) is 165 cm³/mol. The Morgan fingerprint density at radius 1 is 0.875 bits per heavy atom. The summed E-state index contributed by atoms with van der Waals surface area (Å²) < 4.78 is 35.8. The lowest BCUT2D eigenvalue weighted by atomic mass is 9.99. The molecular weight excluding hydrogens is 656 g/mol. The van der Waals surface area contributed by atoms with E-state index in [1.54, 1.807) is 13.0 Å². The lowest BCUT2D eigenvalue weighted by molar-refractivity contribution is -0.119. The molecule has 220 valence electrons. The van der Waals surface area contributed by atoms with Crippen molar-refractivity contribution in [2.75, 3.05) is 13.2 Å². The zero-order valence-corrected chi connectivity index (χ0v) is 24.2. The van der Waals surface area contributed by atoms with Crippen LogP contribution in [0.25, 0.3) is 11.1 Å². The Balaban J connectivity index is 0. The largest absolute Gasteiger partial charge is 0.762 e. The molecule has 0 saturated carbocycles. The normalized spacial score (nSPS) is 16.5. The molecule has 12 heteroatoms. The summed E-state index contributed by atoms with van der Waals surface area (Å²) in [5, 5.41) is 15.0. The summed E-state index contributed by atoms with van der Waals surface area (Å²) in [5.74, 6) is -0.370. The van der Waals surface area contributed by atoms with E-state index in [1.165, 1.54) is 6.08 Å². The molecule has 2 aromatic carbocycles. The number of hydrogen-bond donors (Lipinski definition) is 3. The average molecular weight is 692 g/mol. The molecule has 0 radical (unpaired) electrons. The third kappa shape index (κ3) is 14.1. The molecule has 0 aromatic heterocycles. The fourth-order valence-corrected chi connectivity index (χ4v) is 3.70. The predicted octanol–water partition coefficient (Wildman–Crippen LogP) is 7.34. The molecule has 2 aliphatic heterocycles. The number of nitrogens with one attached hydrogen (secondary N) is 2. The third-order valence-electron chi connectivity index (χ3n) is 4.76. The van der Waals surface area contributed by atoms with Gasteiger partial charge < -0.3 is 20.5 Å². The lowest BCUT2D eigenvalue weighted by Crippen LogP contribution is -2.40. The summed E-state index contributed by atoms with van der Waals surface area (Å²) in [6.45, 7) is 11.0. The fraction of sp³-hybridized carbons (Fsp3) is 0.286. The zero-order chi connectivity index (χ0) is 28.9. The quantitative estimate of drug-likeness (QED) is 0.293. The van der Waals surface area contributed by atoms with Gasteiger partial charge in [0.1, 0.15) is 0 Å². The van der Waals surface area contributed by atoms with Crippen molar-refractivity contribution in [3.8, 4) is 0 Å². The standard InChI is InChI=1S/C11H10BrNO2.C11H8BrNO.C4H10O.2CH4.BF3/c1-11(15)9(6-10(14)13-11)7-2-4-8(12)5-3-7;1-7-10(6-11(14)13-7)8-2-4-9(12)5-3-8;1-3-5-4-2;;;2-1(3)4/h2-6,15H,1H3,(H,13,14);2-6H,1H2,(H,13,14);3-4H2,1-2H3;2*1H4;. The Morgan fingerprint density at radius 2 is 1.30 bits per heavy atom. The minimum Gasteiger partial charge on any atom is -0.382 e. The van der Waals surface area contributed by atoms with Gasteiger partial charge in [0.15, 0.2) is 5.72 Å². The van der Waals surface area contributed by atoms with Gasteiger partial charge in [-0.25, -0.2) is 0 Å². The van der Waals surface area contributed by atoms with Crippen molar-refractivity contribution in [3.05, 3.63) is 93.0 Å². The first kappa shape index (κ1) is 39.5. The van der Waals surface area contributed by atoms with Crippen molar-refractivity contribution in [2.45, 2.75) is 41.3 Å². The fourth-order valence-electron chi connectivity index (χ4n) is 3.17. The zero-order valence-electron chi connectivity index (χ0n) is 21.0. The van der Waals surface area contributed by atoms with Gasteiger partial charge in [-0.15, -0.1) is 0 Å². The van der Waals surface area contributed by atoms with Crippen LogP contribution >= 0.6 is 31.9 Å². The molecule has 0 saturated heterocycles. The molecule has 2 heterocycles. The van der Waals surface area contributed by atoms with Gasteiger partial charge in [-0.05, 0) is 56.2 Å². The van der Waals surface area contributed by atoms with Gasteiger partial charge >= 0.3 is 7.54 Å². The van der Waals surface area contributed by atoms with Crippen LogP contribution in [-0.4, -0.2) is 43.4 Å². The van der Waals surface area contributed by atoms with Crippen LogP contribution < -0.4 is 10.6 Å². The van der Waals surface area contributed by atoms with Crippen molar-refractivity contribution >= 4 is 62.4 Å². The molecule has 6 nitrogen and oxygen atoms in total. The van der Waals surface area contributed by atoms with Crippen LogP contribution in [0, 0.1) is 0 Å². The molecule has 0 aliphatic carbocycles. The monoisotopic (exact) mass is 690 g/mol. The van der Waals surface area contributed by atoms with Gasteiger partial charge in [-0.1, -0.05) is 77.6 Å². The molecule has 2 aromatic rings. The third-order valence-corrected chi connectivity index (χ3v) is 5.82. The van der Waals surface area contributed by atoms with E-state index in [4.69, 9.17) is 4.74 Å². The van der Waals surface area contributed by atoms with Gasteiger partial charge in [-0.2, -0.15) is 0 Å². The Morgan fingerprint density at radius 3 is 1.60 bits per heavy atom. The minimum atomic E-state index is -3.67. The Hall–Kier alpha value is -2.67. The first-order valence-corrected chi connectivity index (χ1v) is 12.9. The van der Waals surface area contributed by atoms with Crippen molar-refractivity contribution in [3.63, 3.8) is 0 Å². The molecule has 2 aliphatic rings. The molecule has 40 heavy (non-hydrogen) atoms. The first-order chi connectivity index (χ1) is 17.8. The lowest BCUT2D eigenvalue weighted by Gasteiger charge is -2.21. The van der Waals surface area contributed by atoms with E-state index in [-0.39, 0.29) is 26.7 Å². The second kappa shape index (κ2) is 19.4. The van der Waals surface area contributed by atoms with Crippen LogP contribution in [-0.2, 0) is 14.3 Å². The van der Waals surface area contributed by atoms with E-state index in [0.29, 0.717) is 11.3 Å². The van der Waals surface area contributed by atoms with Crippen molar-refractivity contribution in [1.82, 2.24) is 10.6 Å². The summed E-state index contributed by atoms with van der Waals surface area (Å²) in [6, 6.07) is 15.2. The molecule has 0 spiro atoms. The van der Waals surface area contributed by atoms with Crippen LogP contribution in [0.15, 0.2) is 81.9 Å². The van der Waals surface area contributed by atoms with E-state index in [0.717, 1.165) is 38.9 Å². The number of ether oxygens (including phenoxy) is 1. The number of allylic oxidation sites excluding steroid dienone is 1. The van der Waals surface area contributed by atoms with E-state index < -0.39 is 13.3 Å². The average Bonchev–Trinajstić information content (AvgIpc) is 3.31. The number of carbonyl (C=O) groups is 2. The van der Waals surface area contributed by atoms with Crippen LogP contribution in [0.4, 0.5) is 12.9 Å². The first-order valence-electron chi connectivity index (χ1n) is 11.3. The molecular formula is C28H36BBr2F3N2O4. The Labute approximate surface area is 252 Å². The number of aliphatic hydroxyl groups is 1. The van der Waals surface area contributed by atoms with E-state index in [2.05, 4.69) is 49.1 Å². The maximum atomic E-state index is 11.2. The molecule has 2 amide bonds. The number of amides is 2. The van der Waals surface area contributed by atoms with Crippen LogP contribution in [0.3, 0.4) is 0 Å². The van der Waals surface area contributed by atoms with Gasteiger partial charge in [0.05, 0.1) is 0 Å². The van der Waals surface area contributed by atoms with E-state index >= 15 is 0 Å². The number of rotatable bonds is 4. The Kier molecular flexibility index (Phi) is 19.2. The molecule has 3 N–H and O–H groups in total. The van der Waals surface area contributed by atoms with Crippen molar-refractivity contribution < 1.29 is 32.4 Å². The number of halogens is 5. The SMILES string of the molecule is C.C.C=C1NC(=O)C=C1c1ccc(Br)cc1.CC1(O)NC(=O)C=C1c1ccc(Br)cc1.CCOCC.FB(F)F. The van der Waals surface area contributed by atoms with Crippen LogP contribution in [0.2, 0.25) is 0 Å². The topological polar surface area (TPSA) is 87.7 Å². The highest BCUT2D eigenvalue weighted by Gasteiger charge is 2.34. The van der Waals surface area contributed by atoms with Crippen LogP contribution in [0.5, 0.6) is 0 Å². The summed E-state index contributed by atoms with van der Waals surface area (Å²) in [4.78, 5) is 22.2. The second-order valence-corrected chi connectivity index (χ2v) is 9.52. The Bertz CT molecular complexity index is 1150. The van der Waals surface area contributed by atoms with Gasteiger partial charge in [0, 0.05) is 51.2 Å². The van der Waals surface area contributed by atoms with Gasteiger partial charge in [0.25, 0.3) is 0 Å². The van der Waals surface area contributed by atoms with Gasteiger partial charge in [0.2, 0.25) is 11.8 Å². The van der Waals surface area contributed by atoms with Crippen LogP contribution in [0.1, 0.15) is 46.8 Å². The maximum absolute atomic E-state index is 11.2. The molecule has 4 rings (SSSR count). The molecule has 0 bridgehead atoms. The maximum Gasteiger partial charge on any atom is 0.762 e. The minimum absolute atomic E-state index is 0. The van der Waals surface area contributed by atoms with Crippen molar-refractivity contribution in [2.24, 2.45) is 0 Å². The van der Waals surface area contributed by atoms with E-state index in [9.17, 15) is 27.6 Å². The summed E-state index contributed by atoms with van der Waals surface area (Å²) >= 11 is 6.69. The molecule has 1 unspecified atom stereocenters. The second-order valence-electron chi connectivity index (χ2n) is 7.69. The summed E-state index contributed by atoms with van der Waals surface area (Å²) in [5.41, 5.74) is 2.68. The highest BCUT2D eigenvalue weighted by molar-refractivity contribution is 9.10. The number of hydrogen-bond acceptors (Lipinski definition) is 4. The highest BCUT2D eigenvalue weighted by atomic mass is 79.9. The molecule has 0 fully saturated rings. The summed E-state index contributed by atoms with van der Waals surface area (Å²) in [7, 11) is -3.67.